The summed E-state index contributed by atoms with van der Waals surface area (Å²) in [5, 5.41) is 5.81. The van der Waals surface area contributed by atoms with Crippen LogP contribution in [0.3, 0.4) is 0 Å². The van der Waals surface area contributed by atoms with E-state index in [0.717, 1.165) is 11.3 Å². The molecule has 18 heavy (non-hydrogen) atoms. The molecular formula is C10H17N3O3S2. The van der Waals surface area contributed by atoms with Crippen molar-refractivity contribution in [2.45, 2.75) is 18.7 Å². The lowest BCUT2D eigenvalue weighted by atomic mass is 10.3. The van der Waals surface area contributed by atoms with E-state index in [1.807, 2.05) is 6.92 Å². The molecule has 4 N–H and O–H groups in total. The summed E-state index contributed by atoms with van der Waals surface area (Å²) in [5.41, 5.74) is 5.83. The molecule has 0 aromatic carbocycles. The Morgan fingerprint density at radius 2 is 2.00 bits per heavy atom. The Bertz CT molecular complexity index is 549. The standard InChI is InChI=1S/C10H17N3O3S2/c1-4-13-10-8(18(15,16)5-2)6(11)7(17-10)9(14)12-3/h13H,4-5,11H2,1-3H3,(H,12,14). The molecule has 1 amide bonds. The van der Waals surface area contributed by atoms with Crippen molar-refractivity contribution in [2.24, 2.45) is 0 Å². The zero-order valence-corrected chi connectivity index (χ0v) is 12.2. The molecule has 0 saturated heterocycles. The molecule has 6 nitrogen and oxygen atoms in total. The molecule has 0 saturated carbocycles. The Labute approximate surface area is 110 Å². The van der Waals surface area contributed by atoms with E-state index in [-0.39, 0.29) is 27.1 Å². The van der Waals surface area contributed by atoms with Crippen LogP contribution in [0.15, 0.2) is 4.90 Å². The van der Waals surface area contributed by atoms with Gasteiger partial charge in [0.15, 0.2) is 9.84 Å². The first-order valence-corrected chi connectivity index (χ1v) is 7.96. The maximum atomic E-state index is 12.0. The molecule has 1 aromatic heterocycles. The summed E-state index contributed by atoms with van der Waals surface area (Å²) in [6.07, 6.45) is 0. The van der Waals surface area contributed by atoms with Gasteiger partial charge in [-0.15, -0.1) is 11.3 Å². The number of thiophene rings is 1. The zero-order chi connectivity index (χ0) is 13.9. The summed E-state index contributed by atoms with van der Waals surface area (Å²) >= 11 is 1.06. The van der Waals surface area contributed by atoms with Crippen molar-refractivity contribution in [3.8, 4) is 0 Å². The summed E-state index contributed by atoms with van der Waals surface area (Å²) in [7, 11) is -1.99. The summed E-state index contributed by atoms with van der Waals surface area (Å²) in [4.78, 5) is 11.9. The molecule has 1 aromatic rings. The van der Waals surface area contributed by atoms with Gasteiger partial charge >= 0.3 is 0 Å². The van der Waals surface area contributed by atoms with E-state index in [1.54, 1.807) is 6.92 Å². The number of hydrogen-bond acceptors (Lipinski definition) is 6. The molecule has 102 valence electrons. The minimum absolute atomic E-state index is 0.0251. The van der Waals surface area contributed by atoms with Gasteiger partial charge in [-0.3, -0.25) is 4.79 Å². The van der Waals surface area contributed by atoms with Crippen molar-refractivity contribution in [1.82, 2.24) is 5.32 Å². The van der Waals surface area contributed by atoms with Crippen molar-refractivity contribution in [3.05, 3.63) is 4.88 Å². The van der Waals surface area contributed by atoms with E-state index >= 15 is 0 Å². The highest BCUT2D eigenvalue weighted by atomic mass is 32.2. The smallest absolute Gasteiger partial charge is 0.263 e. The summed E-state index contributed by atoms with van der Waals surface area (Å²) in [6, 6.07) is 0. The average Bonchev–Trinajstić information content (AvgIpc) is 2.66. The average molecular weight is 291 g/mol. The fourth-order valence-corrected chi connectivity index (χ4v) is 4.12. The van der Waals surface area contributed by atoms with Gasteiger partial charge in [0.25, 0.3) is 5.91 Å². The van der Waals surface area contributed by atoms with Gasteiger partial charge in [-0.2, -0.15) is 0 Å². The van der Waals surface area contributed by atoms with Crippen LogP contribution in [0.25, 0.3) is 0 Å². The maximum Gasteiger partial charge on any atom is 0.263 e. The number of nitrogen functional groups attached to an aromatic ring is 1. The first-order valence-electron chi connectivity index (χ1n) is 5.49. The SMILES string of the molecule is CCNc1sc(C(=O)NC)c(N)c1S(=O)(=O)CC. The van der Waals surface area contributed by atoms with E-state index in [0.29, 0.717) is 11.5 Å². The summed E-state index contributed by atoms with van der Waals surface area (Å²) in [5.74, 6) is -0.436. The lowest BCUT2D eigenvalue weighted by Crippen LogP contribution is -2.18. The topological polar surface area (TPSA) is 101 Å². The number of rotatable bonds is 5. The Hall–Kier alpha value is -1.28. The lowest BCUT2D eigenvalue weighted by Gasteiger charge is -2.05. The summed E-state index contributed by atoms with van der Waals surface area (Å²) < 4.78 is 24.0. The molecular weight excluding hydrogens is 274 g/mol. The molecule has 0 aliphatic heterocycles. The minimum Gasteiger partial charge on any atom is -0.396 e. The first kappa shape index (κ1) is 14.8. The third-order valence-electron chi connectivity index (χ3n) is 2.36. The van der Waals surface area contributed by atoms with Crippen LogP contribution in [0.1, 0.15) is 23.5 Å². The number of sulfone groups is 1. The molecule has 0 radical (unpaired) electrons. The van der Waals surface area contributed by atoms with Crippen molar-refractivity contribution >= 4 is 37.8 Å². The van der Waals surface area contributed by atoms with Gasteiger partial charge in [0, 0.05) is 13.6 Å². The Morgan fingerprint density at radius 1 is 1.39 bits per heavy atom. The molecule has 0 spiro atoms. The van der Waals surface area contributed by atoms with Crippen LogP contribution < -0.4 is 16.4 Å². The monoisotopic (exact) mass is 291 g/mol. The predicted octanol–water partition coefficient (Wildman–Crippen LogP) is 0.915. The Morgan fingerprint density at radius 3 is 2.44 bits per heavy atom. The molecule has 0 atom stereocenters. The van der Waals surface area contributed by atoms with Crippen LogP contribution in [0.5, 0.6) is 0 Å². The third-order valence-corrected chi connectivity index (χ3v) is 5.46. The van der Waals surface area contributed by atoms with Crippen LogP contribution in [-0.2, 0) is 9.84 Å². The van der Waals surface area contributed by atoms with E-state index in [9.17, 15) is 13.2 Å². The largest absolute Gasteiger partial charge is 0.396 e. The molecule has 8 heteroatoms. The minimum atomic E-state index is -3.46. The highest BCUT2D eigenvalue weighted by Crippen LogP contribution is 2.39. The molecule has 0 aliphatic carbocycles. The second-order valence-electron chi connectivity index (χ2n) is 3.52. The molecule has 0 aliphatic rings. The Balaban J connectivity index is 3.48. The van der Waals surface area contributed by atoms with Gasteiger partial charge in [-0.25, -0.2) is 8.42 Å². The molecule has 0 bridgehead atoms. The third kappa shape index (κ3) is 2.59. The van der Waals surface area contributed by atoms with E-state index in [4.69, 9.17) is 5.73 Å². The fraction of sp³-hybridized carbons (Fsp3) is 0.500. The second kappa shape index (κ2) is 5.57. The lowest BCUT2D eigenvalue weighted by molar-refractivity contribution is 0.0968. The van der Waals surface area contributed by atoms with Crippen LogP contribution in [0.2, 0.25) is 0 Å². The van der Waals surface area contributed by atoms with Gasteiger partial charge in [-0.05, 0) is 6.92 Å². The van der Waals surface area contributed by atoms with Crippen molar-refractivity contribution in [3.63, 3.8) is 0 Å². The van der Waals surface area contributed by atoms with Gasteiger partial charge in [-0.1, -0.05) is 6.92 Å². The van der Waals surface area contributed by atoms with Crippen molar-refractivity contribution in [1.29, 1.82) is 0 Å². The normalized spacial score (nSPS) is 11.3. The van der Waals surface area contributed by atoms with Gasteiger partial charge in [0.2, 0.25) is 0 Å². The van der Waals surface area contributed by atoms with Crippen LogP contribution in [-0.4, -0.2) is 33.7 Å². The van der Waals surface area contributed by atoms with Gasteiger partial charge < -0.3 is 16.4 Å². The summed E-state index contributed by atoms with van der Waals surface area (Å²) in [6.45, 7) is 3.94. The van der Waals surface area contributed by atoms with E-state index < -0.39 is 9.84 Å². The van der Waals surface area contributed by atoms with Gasteiger partial charge in [0.1, 0.15) is 14.8 Å². The predicted molar refractivity (Wildman–Crippen MR) is 74.0 cm³/mol. The molecule has 0 fully saturated rings. The molecule has 1 heterocycles. The number of hydrogen-bond donors (Lipinski definition) is 3. The number of carbonyl (C=O) groups is 1. The number of amides is 1. The number of nitrogens with one attached hydrogen (secondary N) is 2. The van der Waals surface area contributed by atoms with Crippen LogP contribution >= 0.6 is 11.3 Å². The number of nitrogens with two attached hydrogens (primary N) is 1. The zero-order valence-electron chi connectivity index (χ0n) is 10.5. The van der Waals surface area contributed by atoms with Gasteiger partial charge in [0.05, 0.1) is 11.4 Å². The fourth-order valence-electron chi connectivity index (χ4n) is 1.44. The van der Waals surface area contributed by atoms with E-state index in [1.165, 1.54) is 7.05 Å². The highest BCUT2D eigenvalue weighted by Gasteiger charge is 2.28. The van der Waals surface area contributed by atoms with E-state index in [2.05, 4.69) is 10.6 Å². The number of anilines is 2. The van der Waals surface area contributed by atoms with Crippen molar-refractivity contribution in [2.75, 3.05) is 30.4 Å². The maximum absolute atomic E-state index is 12.0. The second-order valence-corrected chi connectivity index (χ2v) is 6.75. The number of carbonyl (C=O) groups excluding carboxylic acids is 1. The van der Waals surface area contributed by atoms with Crippen molar-refractivity contribution < 1.29 is 13.2 Å². The highest BCUT2D eigenvalue weighted by molar-refractivity contribution is 7.91. The Kier molecular flexibility index (Phi) is 4.58. The van der Waals surface area contributed by atoms with Crippen LogP contribution in [0.4, 0.5) is 10.7 Å². The molecule has 1 rings (SSSR count). The quantitative estimate of drug-likeness (QED) is 0.748. The first-order chi connectivity index (χ1) is 8.38. The molecule has 0 unspecified atom stereocenters. The van der Waals surface area contributed by atoms with Crippen LogP contribution in [0, 0.1) is 0 Å².